The fraction of sp³-hybridized carbons (Fsp3) is 0.385. The summed E-state index contributed by atoms with van der Waals surface area (Å²) in [6.07, 6.45) is -0.000394. The van der Waals surface area contributed by atoms with Crippen LogP contribution in [0, 0.1) is 22.7 Å². The van der Waals surface area contributed by atoms with E-state index in [4.69, 9.17) is 25.0 Å². The van der Waals surface area contributed by atoms with Gasteiger partial charge in [0.2, 0.25) is 10.0 Å². The van der Waals surface area contributed by atoms with Crippen molar-refractivity contribution in [1.82, 2.24) is 14.2 Å². The van der Waals surface area contributed by atoms with Gasteiger partial charge in [0.1, 0.15) is 21.7 Å². The van der Waals surface area contributed by atoms with Crippen LogP contribution in [-0.4, -0.2) is 83.0 Å². The molecule has 0 aliphatic heterocycles. The monoisotopic (exact) mass is 606 g/mol. The number of halogens is 1. The number of thiazole rings is 1. The Kier molecular flexibility index (Phi) is 12.1. The summed E-state index contributed by atoms with van der Waals surface area (Å²) in [5.41, 5.74) is 0.863. The summed E-state index contributed by atoms with van der Waals surface area (Å²) < 4.78 is 39.1. The molecule has 1 aromatic heterocycles. The summed E-state index contributed by atoms with van der Waals surface area (Å²) in [6, 6.07) is 13.0. The van der Waals surface area contributed by atoms with E-state index in [1.54, 1.807) is 31.3 Å². The number of likely N-dealkylation sites (N-methyl/N-ethyl adjacent to an activating group) is 1. The Balaban J connectivity index is 0.00000560. The number of methoxy groups -OCH3 is 2. The molecule has 1 amide bonds. The summed E-state index contributed by atoms with van der Waals surface area (Å²) in [5, 5.41) is 18.3. The molecule has 214 valence electrons. The number of anilines is 1. The summed E-state index contributed by atoms with van der Waals surface area (Å²) in [6.45, 7) is 0.857. The van der Waals surface area contributed by atoms with Crippen molar-refractivity contribution in [3.8, 4) is 23.6 Å². The number of ether oxygens (including phenoxy) is 2. The molecule has 0 aliphatic rings. The lowest BCUT2D eigenvalue weighted by molar-refractivity contribution is 0.0985. The number of hydrogen-bond donors (Lipinski definition) is 0. The van der Waals surface area contributed by atoms with Gasteiger partial charge in [-0.25, -0.2) is 13.4 Å². The number of carbonyl (C=O) groups is 1. The Bertz CT molecular complexity index is 1440. The molecular weight excluding hydrogens is 576 g/mol. The number of sulfonamides is 1. The standard InChI is InChI=1S/C26H30N6O5S2.ClH/c1-30(2)17-18-32(26-29-23-21(36-3)11-12-22(37-4)24(23)38-26)25(33)19-7-9-20(10-8-19)39(34,35)31(15-5-13-27)16-6-14-28;/h7-12H,5-6,15-18H2,1-4H3;1H. The van der Waals surface area contributed by atoms with Gasteiger partial charge in [-0.1, -0.05) is 11.3 Å². The molecule has 3 aromatic rings. The minimum atomic E-state index is -3.95. The zero-order valence-electron chi connectivity index (χ0n) is 22.7. The Hall–Kier alpha value is -3.46. The number of amides is 1. The SMILES string of the molecule is COc1ccc(OC)c2sc(N(CCN(C)C)C(=O)c3ccc(S(=O)(=O)N(CCC#N)CCC#N)cc3)nc12.Cl. The highest BCUT2D eigenvalue weighted by atomic mass is 35.5. The highest BCUT2D eigenvalue weighted by molar-refractivity contribution is 7.89. The van der Waals surface area contributed by atoms with Crippen molar-refractivity contribution in [2.75, 3.05) is 59.4 Å². The second-order valence-electron chi connectivity index (χ2n) is 8.65. The Morgan fingerprint density at radius 1 is 0.925 bits per heavy atom. The number of aromatic nitrogens is 1. The van der Waals surface area contributed by atoms with Crippen LogP contribution in [0.4, 0.5) is 5.13 Å². The van der Waals surface area contributed by atoms with Gasteiger partial charge in [0.05, 0.1) is 31.3 Å². The number of carbonyl (C=O) groups excluding carboxylic acids is 1. The van der Waals surface area contributed by atoms with Gasteiger partial charge in [-0.2, -0.15) is 14.8 Å². The third-order valence-electron chi connectivity index (χ3n) is 5.83. The molecule has 40 heavy (non-hydrogen) atoms. The predicted molar refractivity (Wildman–Crippen MR) is 156 cm³/mol. The zero-order chi connectivity index (χ0) is 28.6. The molecule has 0 atom stereocenters. The first-order valence-electron chi connectivity index (χ1n) is 12.0. The van der Waals surface area contributed by atoms with Crippen LogP contribution in [0.25, 0.3) is 10.2 Å². The maximum Gasteiger partial charge on any atom is 0.260 e. The van der Waals surface area contributed by atoms with Gasteiger partial charge >= 0.3 is 0 Å². The van der Waals surface area contributed by atoms with E-state index in [2.05, 4.69) is 0 Å². The van der Waals surface area contributed by atoms with Gasteiger partial charge in [0.15, 0.2) is 5.13 Å². The second-order valence-corrected chi connectivity index (χ2v) is 11.6. The number of nitrogens with zero attached hydrogens (tertiary/aromatic N) is 6. The van der Waals surface area contributed by atoms with Crippen molar-refractivity contribution in [3.63, 3.8) is 0 Å². The summed E-state index contributed by atoms with van der Waals surface area (Å²) >= 11 is 1.30. The van der Waals surface area contributed by atoms with Gasteiger partial charge < -0.3 is 14.4 Å². The molecular formula is C26H31ClN6O5S2. The van der Waals surface area contributed by atoms with Crippen LogP contribution in [0.2, 0.25) is 0 Å². The van der Waals surface area contributed by atoms with Gasteiger partial charge in [0.25, 0.3) is 5.91 Å². The van der Waals surface area contributed by atoms with Crippen molar-refractivity contribution in [2.24, 2.45) is 0 Å². The number of fused-ring (bicyclic) bond motifs is 1. The van der Waals surface area contributed by atoms with Crippen LogP contribution in [0.1, 0.15) is 23.2 Å². The zero-order valence-corrected chi connectivity index (χ0v) is 25.1. The normalized spacial score (nSPS) is 11.1. The lowest BCUT2D eigenvalue weighted by atomic mass is 10.2. The highest BCUT2D eigenvalue weighted by Crippen LogP contribution is 2.40. The molecule has 14 heteroatoms. The smallest absolute Gasteiger partial charge is 0.260 e. The van der Waals surface area contributed by atoms with E-state index in [1.165, 1.54) is 35.6 Å². The molecule has 0 unspecified atom stereocenters. The summed E-state index contributed by atoms with van der Waals surface area (Å²) in [5.74, 6) is 0.824. The molecule has 2 aromatic carbocycles. The summed E-state index contributed by atoms with van der Waals surface area (Å²) in [4.78, 5) is 21.9. The topological polar surface area (TPSA) is 140 Å². The molecule has 11 nitrogen and oxygen atoms in total. The quantitative estimate of drug-likeness (QED) is 0.284. The minimum Gasteiger partial charge on any atom is -0.495 e. The van der Waals surface area contributed by atoms with Crippen LogP contribution in [-0.2, 0) is 10.0 Å². The van der Waals surface area contributed by atoms with Crippen LogP contribution in [0.3, 0.4) is 0 Å². The van der Waals surface area contributed by atoms with E-state index in [9.17, 15) is 13.2 Å². The molecule has 0 bridgehead atoms. The molecule has 3 rings (SSSR count). The van der Waals surface area contributed by atoms with Crippen LogP contribution in [0.15, 0.2) is 41.3 Å². The third kappa shape index (κ3) is 7.38. The maximum atomic E-state index is 13.7. The number of hydrogen-bond acceptors (Lipinski definition) is 10. The van der Waals surface area contributed by atoms with E-state index < -0.39 is 10.0 Å². The third-order valence-corrected chi connectivity index (χ3v) is 8.84. The fourth-order valence-corrected chi connectivity index (χ4v) is 6.29. The second kappa shape index (κ2) is 14.8. The van der Waals surface area contributed by atoms with Crippen LogP contribution >= 0.6 is 23.7 Å². The molecule has 0 saturated heterocycles. The average molecular weight is 607 g/mol. The van der Waals surface area contributed by atoms with E-state index >= 15 is 0 Å². The first-order valence-corrected chi connectivity index (χ1v) is 14.3. The lowest BCUT2D eigenvalue weighted by Crippen LogP contribution is -2.37. The Morgan fingerprint density at radius 3 is 2.02 bits per heavy atom. The first kappa shape index (κ1) is 32.8. The van der Waals surface area contributed by atoms with E-state index in [0.717, 1.165) is 9.01 Å². The molecule has 0 radical (unpaired) electrons. The van der Waals surface area contributed by atoms with Gasteiger partial charge in [0, 0.05) is 44.6 Å². The van der Waals surface area contributed by atoms with Gasteiger partial charge in [-0.05, 0) is 50.5 Å². The van der Waals surface area contributed by atoms with Gasteiger partial charge in [-0.3, -0.25) is 9.69 Å². The number of rotatable bonds is 13. The highest BCUT2D eigenvalue weighted by Gasteiger charge is 2.27. The molecule has 0 spiro atoms. The van der Waals surface area contributed by atoms with Crippen LogP contribution < -0.4 is 14.4 Å². The van der Waals surface area contributed by atoms with E-state index in [1.807, 2.05) is 31.1 Å². The molecule has 0 aliphatic carbocycles. The number of nitriles is 2. The van der Waals surface area contributed by atoms with Crippen molar-refractivity contribution >= 4 is 55.0 Å². The van der Waals surface area contributed by atoms with Crippen molar-refractivity contribution in [3.05, 3.63) is 42.0 Å². The van der Waals surface area contributed by atoms with Crippen molar-refractivity contribution < 1.29 is 22.7 Å². The Labute approximate surface area is 244 Å². The predicted octanol–water partition coefficient (Wildman–Crippen LogP) is 3.76. The molecule has 0 N–H and O–H groups in total. The largest absolute Gasteiger partial charge is 0.495 e. The maximum absolute atomic E-state index is 13.7. The minimum absolute atomic E-state index is 0. The lowest BCUT2D eigenvalue weighted by Gasteiger charge is -2.22. The van der Waals surface area contributed by atoms with E-state index in [-0.39, 0.29) is 54.7 Å². The average Bonchev–Trinajstić information content (AvgIpc) is 3.37. The molecule has 0 fully saturated rings. The Morgan fingerprint density at radius 2 is 1.50 bits per heavy atom. The van der Waals surface area contributed by atoms with E-state index in [0.29, 0.717) is 35.2 Å². The number of benzene rings is 2. The molecule has 1 heterocycles. The fourth-order valence-electron chi connectivity index (χ4n) is 3.75. The summed E-state index contributed by atoms with van der Waals surface area (Å²) in [7, 11) is 2.96. The van der Waals surface area contributed by atoms with Gasteiger partial charge in [-0.15, -0.1) is 12.4 Å². The van der Waals surface area contributed by atoms with Crippen molar-refractivity contribution in [2.45, 2.75) is 17.7 Å². The van der Waals surface area contributed by atoms with Crippen molar-refractivity contribution in [1.29, 1.82) is 10.5 Å². The molecule has 0 saturated carbocycles. The van der Waals surface area contributed by atoms with Crippen LogP contribution in [0.5, 0.6) is 11.5 Å². The first-order chi connectivity index (χ1) is 18.7.